The molecule has 0 bridgehead atoms. The van der Waals surface area contributed by atoms with Gasteiger partial charge in [-0.05, 0) is 55.0 Å². The van der Waals surface area contributed by atoms with Crippen LogP contribution >= 0.6 is 0 Å². The Morgan fingerprint density at radius 1 is 0.931 bits per heavy atom. The second kappa shape index (κ2) is 8.14. The van der Waals surface area contributed by atoms with Gasteiger partial charge in [-0.2, -0.15) is 4.98 Å². The van der Waals surface area contributed by atoms with Crippen LogP contribution < -0.4 is 9.47 Å². The molecule has 1 aromatic heterocycles. The van der Waals surface area contributed by atoms with E-state index < -0.39 is 0 Å². The third-order valence-corrected chi connectivity index (χ3v) is 4.40. The molecule has 6 heteroatoms. The quantitative estimate of drug-likeness (QED) is 0.439. The number of aryl methyl sites for hydroxylation is 1. The second-order valence-electron chi connectivity index (χ2n) is 6.58. The van der Waals surface area contributed by atoms with Crippen molar-refractivity contribution in [2.24, 2.45) is 0 Å². The number of methoxy groups -OCH3 is 1. The number of benzene rings is 3. The molecule has 0 fully saturated rings. The maximum absolute atomic E-state index is 13.3. The van der Waals surface area contributed by atoms with Gasteiger partial charge in [0, 0.05) is 11.1 Å². The van der Waals surface area contributed by atoms with E-state index in [1.165, 1.54) is 12.1 Å². The standard InChI is InChI=1S/C23H19FN2O3/c1-15-5-3-7-18(11-15)23-25-22(26-29-23)17-9-10-20(21(13-17)27-2)28-14-16-6-4-8-19(24)12-16/h3-13H,14H2,1-2H3. The molecule has 0 spiro atoms. The smallest absolute Gasteiger partial charge is 0.258 e. The number of aromatic nitrogens is 2. The number of hydrogen-bond acceptors (Lipinski definition) is 5. The Labute approximate surface area is 167 Å². The van der Waals surface area contributed by atoms with Gasteiger partial charge in [0.1, 0.15) is 12.4 Å². The van der Waals surface area contributed by atoms with Crippen LogP contribution in [-0.4, -0.2) is 17.3 Å². The number of ether oxygens (including phenoxy) is 2. The molecule has 29 heavy (non-hydrogen) atoms. The molecule has 1 heterocycles. The maximum atomic E-state index is 13.3. The van der Waals surface area contributed by atoms with Gasteiger partial charge in [-0.25, -0.2) is 4.39 Å². The Morgan fingerprint density at radius 3 is 2.59 bits per heavy atom. The minimum Gasteiger partial charge on any atom is -0.493 e. The molecule has 0 aliphatic carbocycles. The van der Waals surface area contributed by atoms with Crippen LogP contribution in [0.15, 0.2) is 71.3 Å². The average Bonchev–Trinajstić information content (AvgIpc) is 3.22. The van der Waals surface area contributed by atoms with Gasteiger partial charge in [-0.3, -0.25) is 0 Å². The minimum atomic E-state index is -0.296. The van der Waals surface area contributed by atoms with E-state index in [0.717, 1.165) is 22.3 Å². The summed E-state index contributed by atoms with van der Waals surface area (Å²) in [5.41, 5.74) is 3.45. The van der Waals surface area contributed by atoms with Crippen molar-refractivity contribution < 1.29 is 18.4 Å². The van der Waals surface area contributed by atoms with E-state index in [4.69, 9.17) is 14.0 Å². The highest BCUT2D eigenvalue weighted by atomic mass is 19.1. The van der Waals surface area contributed by atoms with Gasteiger partial charge in [-0.1, -0.05) is 35.0 Å². The summed E-state index contributed by atoms with van der Waals surface area (Å²) in [6.07, 6.45) is 0. The van der Waals surface area contributed by atoms with Gasteiger partial charge in [0.05, 0.1) is 7.11 Å². The molecule has 0 saturated carbocycles. The molecule has 0 N–H and O–H groups in total. The summed E-state index contributed by atoms with van der Waals surface area (Å²) in [6, 6.07) is 19.5. The van der Waals surface area contributed by atoms with E-state index in [2.05, 4.69) is 10.1 Å². The SMILES string of the molecule is COc1cc(-c2noc(-c3cccc(C)c3)n2)ccc1OCc1cccc(F)c1. The predicted molar refractivity (Wildman–Crippen MR) is 107 cm³/mol. The lowest BCUT2D eigenvalue weighted by Crippen LogP contribution is -1.98. The third-order valence-electron chi connectivity index (χ3n) is 4.40. The fraction of sp³-hybridized carbons (Fsp3) is 0.130. The van der Waals surface area contributed by atoms with Crippen molar-refractivity contribution in [1.82, 2.24) is 10.1 Å². The Kier molecular flexibility index (Phi) is 5.24. The first-order valence-corrected chi connectivity index (χ1v) is 9.09. The Morgan fingerprint density at radius 2 is 1.79 bits per heavy atom. The van der Waals surface area contributed by atoms with Gasteiger partial charge < -0.3 is 14.0 Å². The van der Waals surface area contributed by atoms with E-state index in [9.17, 15) is 4.39 Å². The Hall–Kier alpha value is -3.67. The molecular weight excluding hydrogens is 371 g/mol. The molecule has 146 valence electrons. The average molecular weight is 390 g/mol. The van der Waals surface area contributed by atoms with Gasteiger partial charge in [0.25, 0.3) is 5.89 Å². The predicted octanol–water partition coefficient (Wildman–Crippen LogP) is 5.44. The van der Waals surface area contributed by atoms with Crippen molar-refractivity contribution in [3.8, 4) is 34.3 Å². The molecule has 0 aliphatic heterocycles. The van der Waals surface area contributed by atoms with E-state index in [0.29, 0.717) is 23.2 Å². The summed E-state index contributed by atoms with van der Waals surface area (Å²) in [5, 5.41) is 4.08. The van der Waals surface area contributed by atoms with Crippen LogP contribution in [0, 0.1) is 12.7 Å². The van der Waals surface area contributed by atoms with E-state index in [1.807, 2.05) is 37.3 Å². The highest BCUT2D eigenvalue weighted by Gasteiger charge is 2.14. The summed E-state index contributed by atoms with van der Waals surface area (Å²) in [4.78, 5) is 4.48. The topological polar surface area (TPSA) is 57.4 Å². The zero-order valence-electron chi connectivity index (χ0n) is 16.1. The normalized spacial score (nSPS) is 10.7. The van der Waals surface area contributed by atoms with E-state index in [1.54, 1.807) is 31.4 Å². The lowest BCUT2D eigenvalue weighted by atomic mass is 10.1. The fourth-order valence-electron chi connectivity index (χ4n) is 2.95. The molecule has 5 nitrogen and oxygen atoms in total. The first-order valence-electron chi connectivity index (χ1n) is 9.09. The van der Waals surface area contributed by atoms with E-state index >= 15 is 0 Å². The number of hydrogen-bond donors (Lipinski definition) is 0. The van der Waals surface area contributed by atoms with Gasteiger partial charge in [0.15, 0.2) is 11.5 Å². The van der Waals surface area contributed by atoms with Crippen molar-refractivity contribution in [3.63, 3.8) is 0 Å². The molecule has 0 saturated heterocycles. The lowest BCUT2D eigenvalue weighted by molar-refractivity contribution is 0.284. The van der Waals surface area contributed by atoms with Crippen molar-refractivity contribution in [1.29, 1.82) is 0 Å². The van der Waals surface area contributed by atoms with Crippen LogP contribution in [0.4, 0.5) is 4.39 Å². The highest BCUT2D eigenvalue weighted by Crippen LogP contribution is 2.33. The summed E-state index contributed by atoms with van der Waals surface area (Å²) < 4.78 is 30.0. The van der Waals surface area contributed by atoms with Crippen LogP contribution in [0.3, 0.4) is 0 Å². The second-order valence-corrected chi connectivity index (χ2v) is 6.58. The molecule has 3 aromatic carbocycles. The van der Waals surface area contributed by atoms with Gasteiger partial charge in [-0.15, -0.1) is 0 Å². The van der Waals surface area contributed by atoms with Crippen molar-refractivity contribution in [2.75, 3.05) is 7.11 Å². The summed E-state index contributed by atoms with van der Waals surface area (Å²) in [7, 11) is 1.56. The van der Waals surface area contributed by atoms with Crippen molar-refractivity contribution >= 4 is 0 Å². The number of halogens is 1. The molecule has 0 amide bonds. The monoisotopic (exact) mass is 390 g/mol. The van der Waals surface area contributed by atoms with Crippen molar-refractivity contribution in [2.45, 2.75) is 13.5 Å². The lowest BCUT2D eigenvalue weighted by Gasteiger charge is -2.11. The Bertz CT molecular complexity index is 1140. The summed E-state index contributed by atoms with van der Waals surface area (Å²) in [5.74, 6) is 1.68. The van der Waals surface area contributed by atoms with Crippen LogP contribution in [0.25, 0.3) is 22.8 Å². The zero-order chi connectivity index (χ0) is 20.2. The largest absolute Gasteiger partial charge is 0.493 e. The molecule has 0 atom stereocenters. The summed E-state index contributed by atoms with van der Waals surface area (Å²) in [6.45, 7) is 2.24. The fourth-order valence-corrected chi connectivity index (χ4v) is 2.95. The summed E-state index contributed by atoms with van der Waals surface area (Å²) >= 11 is 0. The molecule has 0 aliphatic rings. The zero-order valence-corrected chi connectivity index (χ0v) is 16.1. The molecule has 0 unspecified atom stereocenters. The first kappa shape index (κ1) is 18.7. The van der Waals surface area contributed by atoms with Gasteiger partial charge >= 0.3 is 0 Å². The maximum Gasteiger partial charge on any atom is 0.258 e. The van der Waals surface area contributed by atoms with Crippen LogP contribution in [0.2, 0.25) is 0 Å². The highest BCUT2D eigenvalue weighted by molar-refractivity contribution is 5.63. The first-order chi connectivity index (χ1) is 14.1. The minimum absolute atomic E-state index is 0.229. The van der Waals surface area contributed by atoms with Crippen molar-refractivity contribution in [3.05, 3.63) is 83.7 Å². The van der Waals surface area contributed by atoms with Crippen LogP contribution in [0.5, 0.6) is 11.5 Å². The number of nitrogens with zero attached hydrogens (tertiary/aromatic N) is 2. The molecule has 0 radical (unpaired) electrons. The molecule has 4 rings (SSSR count). The van der Waals surface area contributed by atoms with Crippen LogP contribution in [0.1, 0.15) is 11.1 Å². The third kappa shape index (κ3) is 4.27. The van der Waals surface area contributed by atoms with Crippen LogP contribution in [-0.2, 0) is 6.61 Å². The van der Waals surface area contributed by atoms with E-state index in [-0.39, 0.29) is 12.4 Å². The molecular formula is C23H19FN2O3. The number of rotatable bonds is 6. The van der Waals surface area contributed by atoms with Gasteiger partial charge in [0.2, 0.25) is 5.82 Å². The Balaban J connectivity index is 1.55. The molecule has 4 aromatic rings.